The zero-order valence-electron chi connectivity index (χ0n) is 34.8. The van der Waals surface area contributed by atoms with Gasteiger partial charge in [0, 0.05) is 64.2 Å². The van der Waals surface area contributed by atoms with Gasteiger partial charge in [-0.05, 0) is 107 Å². The van der Waals surface area contributed by atoms with Gasteiger partial charge in [-0.2, -0.15) is 4.98 Å². The summed E-state index contributed by atoms with van der Waals surface area (Å²) in [5.74, 6) is 0.389. The molecule has 0 spiro atoms. The van der Waals surface area contributed by atoms with Gasteiger partial charge < -0.3 is 49.0 Å². The summed E-state index contributed by atoms with van der Waals surface area (Å²) in [6.07, 6.45) is 2.11. The molecule has 18 heteroatoms. The highest BCUT2D eigenvalue weighted by Gasteiger charge is 2.29. The second kappa shape index (κ2) is 21.2. The number of carbonyl (C=O) groups excluding carboxylic acids is 4. The third-order valence-corrected chi connectivity index (χ3v) is 9.57. The molecular weight excluding hydrogens is 747 g/mol. The molecule has 0 radical (unpaired) electrons. The van der Waals surface area contributed by atoms with E-state index in [1.54, 1.807) is 41.5 Å². The van der Waals surface area contributed by atoms with Crippen molar-refractivity contribution in [1.82, 2.24) is 29.2 Å². The van der Waals surface area contributed by atoms with Crippen LogP contribution >= 0.6 is 11.8 Å². The maximum atomic E-state index is 13.3. The van der Waals surface area contributed by atoms with E-state index in [1.165, 1.54) is 22.5 Å². The van der Waals surface area contributed by atoms with Gasteiger partial charge in [0.05, 0.1) is 6.61 Å². The first-order valence-corrected chi connectivity index (χ1v) is 20.6. The Kier molecular flexibility index (Phi) is 17.7. The van der Waals surface area contributed by atoms with Crippen molar-refractivity contribution in [3.63, 3.8) is 0 Å². The van der Waals surface area contributed by atoms with Crippen LogP contribution in [0.15, 0.2) is 17.1 Å². The molecule has 0 aromatic carbocycles. The van der Waals surface area contributed by atoms with E-state index >= 15 is 0 Å². The molecule has 0 unspecified atom stereocenters. The van der Waals surface area contributed by atoms with Crippen LogP contribution in [0.5, 0.6) is 0 Å². The molecule has 2 fully saturated rings. The molecule has 17 nitrogen and oxygen atoms in total. The minimum atomic E-state index is -0.710. The third kappa shape index (κ3) is 17.3. The Bertz CT molecular complexity index is 1510. The van der Waals surface area contributed by atoms with E-state index in [0.29, 0.717) is 77.2 Å². The fourth-order valence-corrected chi connectivity index (χ4v) is 6.78. The van der Waals surface area contributed by atoms with Gasteiger partial charge in [0.1, 0.15) is 34.3 Å². The van der Waals surface area contributed by atoms with Crippen LogP contribution in [0.4, 0.5) is 20.2 Å². The second-order valence-corrected chi connectivity index (χ2v) is 18.2. The highest BCUT2D eigenvalue weighted by atomic mass is 32.2. The average molecular weight is 812 g/mol. The summed E-state index contributed by atoms with van der Waals surface area (Å²) in [5.41, 5.74) is -3.05. The standard InChI is InChI=1S/C38H65N7O10S/c1-36(2,3)53-33(49)42-19-13-20-44(35(51)55-38(7,8)9)25-24-43(34(50)54-37(4,5)6)18-12-17-41(22-23-42)16-11-10-14-29(47)39-28-15-21-45(32(48)40-28)30-27-56-31(26-46)52-30/h15,21,30-31,46H,10-14,16-20,22-27H2,1-9H3,(H,39,40,47,48)/t30-,31+/m1/s1. The number of anilines is 1. The predicted molar refractivity (Wildman–Crippen MR) is 214 cm³/mol. The second-order valence-electron chi connectivity index (χ2n) is 17.0. The molecule has 2 atom stereocenters. The van der Waals surface area contributed by atoms with Crippen molar-refractivity contribution in [2.45, 2.75) is 123 Å². The molecule has 4 amide bonds. The van der Waals surface area contributed by atoms with Gasteiger partial charge in [-0.25, -0.2) is 19.2 Å². The molecule has 1 aromatic rings. The van der Waals surface area contributed by atoms with Gasteiger partial charge in [0.2, 0.25) is 5.91 Å². The smallest absolute Gasteiger partial charge is 0.410 e. The summed E-state index contributed by atoms with van der Waals surface area (Å²) in [5, 5.41) is 12.0. The summed E-state index contributed by atoms with van der Waals surface area (Å²) in [4.78, 5) is 76.4. The van der Waals surface area contributed by atoms with Crippen LogP contribution in [0, 0.1) is 0 Å². The molecule has 3 rings (SSSR count). The van der Waals surface area contributed by atoms with Crippen molar-refractivity contribution >= 4 is 41.8 Å². The predicted octanol–water partition coefficient (Wildman–Crippen LogP) is 4.74. The fraction of sp³-hybridized carbons (Fsp3) is 0.789. The number of nitrogens with one attached hydrogen (secondary N) is 1. The molecule has 2 aliphatic heterocycles. The van der Waals surface area contributed by atoms with Crippen molar-refractivity contribution < 1.29 is 43.2 Å². The number of thioether (sulfide) groups is 1. The first-order chi connectivity index (χ1) is 26.1. The molecular formula is C38H65N7O10S. The first kappa shape index (κ1) is 46.8. The van der Waals surface area contributed by atoms with Crippen LogP contribution in [0.25, 0.3) is 0 Å². The summed E-state index contributed by atoms with van der Waals surface area (Å²) < 4.78 is 24.1. The minimum absolute atomic E-state index is 0.149. The zero-order valence-corrected chi connectivity index (χ0v) is 35.7. The number of aliphatic hydroxyl groups excluding tert-OH is 1. The highest BCUT2D eigenvalue weighted by molar-refractivity contribution is 8.00. The van der Waals surface area contributed by atoms with Crippen molar-refractivity contribution in [2.75, 3.05) is 76.6 Å². The Morgan fingerprint density at radius 1 is 0.786 bits per heavy atom. The topological polar surface area (TPSA) is 185 Å². The highest BCUT2D eigenvalue weighted by Crippen LogP contribution is 2.30. The summed E-state index contributed by atoms with van der Waals surface area (Å²) >= 11 is 1.41. The normalized spacial score (nSPS) is 19.9. The summed E-state index contributed by atoms with van der Waals surface area (Å²) in [7, 11) is 0. The van der Waals surface area contributed by atoms with Gasteiger partial charge in [0.25, 0.3) is 0 Å². The van der Waals surface area contributed by atoms with Gasteiger partial charge in [0.15, 0.2) is 0 Å². The van der Waals surface area contributed by atoms with Crippen LogP contribution < -0.4 is 11.0 Å². The molecule has 2 saturated heterocycles. The van der Waals surface area contributed by atoms with Crippen LogP contribution in [0.3, 0.4) is 0 Å². The largest absolute Gasteiger partial charge is 0.444 e. The fourth-order valence-electron chi connectivity index (χ4n) is 5.85. The van der Waals surface area contributed by atoms with Gasteiger partial charge in [-0.3, -0.25) is 9.36 Å². The number of hydrogen-bond acceptors (Lipinski definition) is 13. The Balaban J connectivity index is 1.67. The number of carbonyl (C=O) groups is 4. The quantitative estimate of drug-likeness (QED) is 0.271. The van der Waals surface area contributed by atoms with Crippen molar-refractivity contribution in [2.24, 2.45) is 0 Å². The lowest BCUT2D eigenvalue weighted by molar-refractivity contribution is -0.116. The molecule has 2 N–H and O–H groups in total. The maximum absolute atomic E-state index is 13.3. The van der Waals surface area contributed by atoms with E-state index in [1.807, 2.05) is 41.5 Å². The van der Waals surface area contributed by atoms with Gasteiger partial charge in [-0.1, -0.05) is 0 Å². The van der Waals surface area contributed by atoms with Crippen molar-refractivity contribution in [3.8, 4) is 0 Å². The van der Waals surface area contributed by atoms with E-state index in [9.17, 15) is 29.1 Å². The SMILES string of the molecule is CC(C)(C)OC(=O)N1CCCN(C(=O)OC(C)(C)C)CCN(C(=O)OC(C)(C)C)CCCN(CCCCC(=O)Nc2ccn([C@H]3CS[C@@H](CO)O3)c(=O)n2)CC1. The number of amides is 4. The molecule has 56 heavy (non-hydrogen) atoms. The lowest BCUT2D eigenvalue weighted by Gasteiger charge is -2.34. The third-order valence-electron chi connectivity index (χ3n) is 8.46. The van der Waals surface area contributed by atoms with E-state index in [4.69, 9.17) is 18.9 Å². The van der Waals surface area contributed by atoms with E-state index in [-0.39, 0.29) is 37.8 Å². The molecule has 2 aliphatic rings. The number of rotatable bonds is 8. The van der Waals surface area contributed by atoms with Crippen LogP contribution in [-0.2, 0) is 23.7 Å². The average Bonchev–Trinajstić information content (AvgIpc) is 3.54. The molecule has 3 heterocycles. The van der Waals surface area contributed by atoms with E-state index < -0.39 is 52.4 Å². The minimum Gasteiger partial charge on any atom is -0.444 e. The Morgan fingerprint density at radius 3 is 1.75 bits per heavy atom. The number of aromatic nitrogens is 2. The maximum Gasteiger partial charge on any atom is 0.410 e. The first-order valence-electron chi connectivity index (χ1n) is 19.6. The van der Waals surface area contributed by atoms with E-state index in [0.717, 1.165) is 0 Å². The lowest BCUT2D eigenvalue weighted by atomic mass is 10.2. The lowest BCUT2D eigenvalue weighted by Crippen LogP contribution is -2.47. The van der Waals surface area contributed by atoms with Crippen LogP contribution in [0.2, 0.25) is 0 Å². The van der Waals surface area contributed by atoms with Crippen molar-refractivity contribution in [1.29, 1.82) is 0 Å². The molecule has 318 valence electrons. The summed E-state index contributed by atoms with van der Waals surface area (Å²) in [6.45, 7) is 19.8. The number of aliphatic hydroxyl groups is 1. The summed E-state index contributed by atoms with van der Waals surface area (Å²) in [6, 6.07) is 1.55. The van der Waals surface area contributed by atoms with Gasteiger partial charge >= 0.3 is 24.0 Å². The Hall–Kier alpha value is -3.61. The molecule has 1 aromatic heterocycles. The zero-order chi connectivity index (χ0) is 41.7. The molecule has 0 aliphatic carbocycles. The van der Waals surface area contributed by atoms with Crippen molar-refractivity contribution in [3.05, 3.63) is 22.7 Å². The number of nitrogens with zero attached hydrogens (tertiary/aromatic N) is 6. The number of hydrogen-bond donors (Lipinski definition) is 2. The van der Waals surface area contributed by atoms with E-state index in [2.05, 4.69) is 15.2 Å². The monoisotopic (exact) mass is 811 g/mol. The molecule has 0 bridgehead atoms. The number of ether oxygens (including phenoxy) is 4. The van der Waals surface area contributed by atoms with Crippen LogP contribution in [-0.4, -0.2) is 152 Å². The van der Waals surface area contributed by atoms with Crippen LogP contribution in [0.1, 0.15) is 101 Å². The Morgan fingerprint density at radius 2 is 1.29 bits per heavy atom. The molecule has 0 saturated carbocycles. The number of unbranched alkanes of at least 4 members (excludes halogenated alkanes) is 1. The Labute approximate surface area is 335 Å². The van der Waals surface area contributed by atoms with Gasteiger partial charge in [-0.15, -0.1) is 11.8 Å².